The van der Waals surface area contributed by atoms with E-state index in [0.717, 1.165) is 13.0 Å². The van der Waals surface area contributed by atoms with Crippen molar-refractivity contribution in [1.29, 1.82) is 0 Å². The van der Waals surface area contributed by atoms with Gasteiger partial charge < -0.3 is 9.15 Å². The fourth-order valence-electron chi connectivity index (χ4n) is 1.87. The van der Waals surface area contributed by atoms with Crippen LogP contribution in [0.2, 0.25) is 0 Å². The van der Waals surface area contributed by atoms with Gasteiger partial charge in [0, 0.05) is 6.61 Å². The molecule has 1 aromatic rings. The lowest BCUT2D eigenvalue weighted by atomic mass is 10.0. The lowest BCUT2D eigenvalue weighted by Gasteiger charge is -2.13. The highest BCUT2D eigenvalue weighted by molar-refractivity contribution is 5.90. The summed E-state index contributed by atoms with van der Waals surface area (Å²) >= 11 is 0. The molecule has 3 N–H and O–H groups in total. The summed E-state index contributed by atoms with van der Waals surface area (Å²) in [7, 11) is 0. The molecule has 19 heavy (non-hydrogen) atoms. The Labute approximate surface area is 114 Å². The van der Waals surface area contributed by atoms with Gasteiger partial charge in [0.25, 0.3) is 0 Å². The summed E-state index contributed by atoms with van der Waals surface area (Å²) in [5.74, 6) is 6.05. The highest BCUT2D eigenvalue weighted by Gasteiger charge is 2.10. The molecule has 0 bridgehead atoms. The van der Waals surface area contributed by atoms with Crippen LogP contribution in [0.4, 0.5) is 0 Å². The highest BCUT2D eigenvalue weighted by Crippen LogP contribution is 2.15. The van der Waals surface area contributed by atoms with Gasteiger partial charge in [0.15, 0.2) is 5.76 Å². The molecular formula is C14H24N2O3. The van der Waals surface area contributed by atoms with Gasteiger partial charge >= 0.3 is 5.91 Å². The largest absolute Gasteiger partial charge is 0.453 e. The van der Waals surface area contributed by atoms with Crippen LogP contribution in [0.5, 0.6) is 0 Å². The molecule has 1 atom stereocenters. The zero-order valence-electron chi connectivity index (χ0n) is 11.8. The van der Waals surface area contributed by atoms with Crippen molar-refractivity contribution in [2.75, 3.05) is 6.61 Å². The number of amides is 1. The van der Waals surface area contributed by atoms with Crippen LogP contribution in [0.15, 0.2) is 16.5 Å². The molecule has 0 saturated carbocycles. The zero-order chi connectivity index (χ0) is 14.1. The average Bonchev–Trinajstić information content (AvgIpc) is 2.90. The number of unbranched alkanes of at least 4 members (excludes halogenated alkanes) is 1. The number of nitrogens with two attached hydrogens (primary N) is 1. The van der Waals surface area contributed by atoms with E-state index in [1.807, 2.05) is 5.43 Å². The van der Waals surface area contributed by atoms with E-state index in [-0.39, 0.29) is 5.76 Å². The number of carbonyl (C=O) groups is 1. The number of hydrogen-bond acceptors (Lipinski definition) is 4. The van der Waals surface area contributed by atoms with Gasteiger partial charge in [-0.2, -0.15) is 0 Å². The van der Waals surface area contributed by atoms with Crippen molar-refractivity contribution in [2.24, 2.45) is 11.8 Å². The lowest BCUT2D eigenvalue weighted by Crippen LogP contribution is -2.29. The molecule has 0 aromatic carbocycles. The number of hydrogen-bond donors (Lipinski definition) is 2. The summed E-state index contributed by atoms with van der Waals surface area (Å²) < 4.78 is 11.0. The van der Waals surface area contributed by atoms with Crippen LogP contribution < -0.4 is 11.3 Å². The molecule has 0 aliphatic heterocycles. The topological polar surface area (TPSA) is 77.5 Å². The van der Waals surface area contributed by atoms with Crippen LogP contribution >= 0.6 is 0 Å². The molecule has 1 amide bonds. The molecule has 0 spiro atoms. The van der Waals surface area contributed by atoms with E-state index < -0.39 is 5.91 Å². The molecule has 0 radical (unpaired) electrons. The Morgan fingerprint density at radius 2 is 2.26 bits per heavy atom. The summed E-state index contributed by atoms with van der Waals surface area (Å²) in [6.45, 7) is 5.50. The Morgan fingerprint density at radius 3 is 2.89 bits per heavy atom. The molecular weight excluding hydrogens is 244 g/mol. The second-order valence-electron chi connectivity index (χ2n) is 4.67. The average molecular weight is 268 g/mol. The molecule has 108 valence electrons. The quantitative estimate of drug-likeness (QED) is 0.410. The Balaban J connectivity index is 2.32. The second-order valence-corrected chi connectivity index (χ2v) is 4.67. The van der Waals surface area contributed by atoms with Crippen LogP contribution in [0, 0.1) is 5.92 Å². The summed E-state index contributed by atoms with van der Waals surface area (Å²) in [5.41, 5.74) is 2.03. The number of ether oxygens (including phenoxy) is 1. The fourth-order valence-corrected chi connectivity index (χ4v) is 1.87. The van der Waals surface area contributed by atoms with Gasteiger partial charge in [0.2, 0.25) is 0 Å². The molecule has 1 rings (SSSR count). The van der Waals surface area contributed by atoms with Gasteiger partial charge in [-0.3, -0.25) is 10.2 Å². The van der Waals surface area contributed by atoms with Gasteiger partial charge in [-0.25, -0.2) is 5.84 Å². The smallest absolute Gasteiger partial charge is 0.300 e. The fraction of sp³-hybridized carbons (Fsp3) is 0.643. The Morgan fingerprint density at radius 1 is 1.47 bits per heavy atom. The molecule has 0 fully saturated rings. The number of nitrogens with one attached hydrogen (secondary N) is 1. The van der Waals surface area contributed by atoms with Crippen LogP contribution in [-0.2, 0) is 11.3 Å². The SMILES string of the molecule is CCCCC(CC)COCc1ccc(C(=O)NN)o1. The monoisotopic (exact) mass is 268 g/mol. The van der Waals surface area contributed by atoms with E-state index in [4.69, 9.17) is 15.0 Å². The summed E-state index contributed by atoms with van der Waals surface area (Å²) in [6, 6.07) is 3.33. The van der Waals surface area contributed by atoms with Crippen molar-refractivity contribution in [1.82, 2.24) is 5.43 Å². The van der Waals surface area contributed by atoms with E-state index in [2.05, 4.69) is 13.8 Å². The number of rotatable bonds is 9. The summed E-state index contributed by atoms with van der Waals surface area (Å²) in [4.78, 5) is 11.2. The first-order chi connectivity index (χ1) is 9.21. The van der Waals surface area contributed by atoms with Crippen LogP contribution in [-0.4, -0.2) is 12.5 Å². The molecule has 1 aromatic heterocycles. The Bertz CT molecular complexity index is 377. The third-order valence-corrected chi connectivity index (χ3v) is 3.16. The predicted octanol–water partition coefficient (Wildman–Crippen LogP) is 2.62. The number of hydrazine groups is 1. The van der Waals surface area contributed by atoms with Gasteiger partial charge in [0.05, 0.1) is 0 Å². The Kier molecular flexibility index (Phi) is 7.22. The number of nitrogen functional groups attached to an aromatic ring is 1. The maximum atomic E-state index is 11.2. The van der Waals surface area contributed by atoms with Crippen LogP contribution in [0.3, 0.4) is 0 Å². The molecule has 0 aliphatic carbocycles. The minimum atomic E-state index is -0.430. The minimum Gasteiger partial charge on any atom is -0.453 e. The molecule has 1 heterocycles. The van der Waals surface area contributed by atoms with E-state index in [1.165, 1.54) is 19.3 Å². The maximum absolute atomic E-state index is 11.2. The maximum Gasteiger partial charge on any atom is 0.300 e. The standard InChI is InChI=1S/C14H24N2O3/c1-3-5-6-11(4-2)9-18-10-12-7-8-13(19-12)14(17)16-15/h7-8,11H,3-6,9-10,15H2,1-2H3,(H,16,17). The first-order valence-electron chi connectivity index (χ1n) is 6.88. The van der Waals surface area contributed by atoms with Gasteiger partial charge in [-0.05, 0) is 24.5 Å². The number of furan rings is 1. The number of carbonyl (C=O) groups excluding carboxylic acids is 1. The third-order valence-electron chi connectivity index (χ3n) is 3.16. The minimum absolute atomic E-state index is 0.208. The summed E-state index contributed by atoms with van der Waals surface area (Å²) in [5, 5.41) is 0. The van der Waals surface area contributed by atoms with Gasteiger partial charge in [-0.15, -0.1) is 0 Å². The van der Waals surface area contributed by atoms with E-state index in [1.54, 1.807) is 12.1 Å². The first kappa shape index (κ1) is 15.7. The molecule has 5 nitrogen and oxygen atoms in total. The van der Waals surface area contributed by atoms with Crippen LogP contribution in [0.1, 0.15) is 55.8 Å². The van der Waals surface area contributed by atoms with Crippen molar-refractivity contribution < 1.29 is 13.9 Å². The highest BCUT2D eigenvalue weighted by atomic mass is 16.5. The van der Waals surface area contributed by atoms with E-state index in [0.29, 0.717) is 18.3 Å². The zero-order valence-corrected chi connectivity index (χ0v) is 11.8. The third kappa shape index (κ3) is 5.44. The van der Waals surface area contributed by atoms with Gasteiger partial charge in [0.1, 0.15) is 12.4 Å². The van der Waals surface area contributed by atoms with Crippen molar-refractivity contribution in [3.8, 4) is 0 Å². The molecule has 0 aliphatic rings. The predicted molar refractivity (Wildman–Crippen MR) is 73.3 cm³/mol. The molecule has 5 heteroatoms. The first-order valence-corrected chi connectivity index (χ1v) is 6.88. The summed E-state index contributed by atoms with van der Waals surface area (Å²) in [6.07, 6.45) is 4.78. The van der Waals surface area contributed by atoms with Gasteiger partial charge in [-0.1, -0.05) is 33.1 Å². The van der Waals surface area contributed by atoms with Crippen molar-refractivity contribution in [2.45, 2.75) is 46.1 Å². The van der Waals surface area contributed by atoms with Crippen molar-refractivity contribution in [3.05, 3.63) is 23.7 Å². The normalized spacial score (nSPS) is 12.4. The van der Waals surface area contributed by atoms with Crippen molar-refractivity contribution >= 4 is 5.91 Å². The van der Waals surface area contributed by atoms with Crippen molar-refractivity contribution in [3.63, 3.8) is 0 Å². The van der Waals surface area contributed by atoms with E-state index >= 15 is 0 Å². The van der Waals surface area contributed by atoms with E-state index in [9.17, 15) is 4.79 Å². The second kappa shape index (κ2) is 8.72. The Hall–Kier alpha value is -1.33. The van der Waals surface area contributed by atoms with Crippen LogP contribution in [0.25, 0.3) is 0 Å². The molecule has 0 saturated heterocycles. The lowest BCUT2D eigenvalue weighted by molar-refractivity contribution is 0.0692. The molecule has 1 unspecified atom stereocenters.